The molecule has 5 nitrogen and oxygen atoms in total. The molecular weight excluding hydrogens is 194 g/mol. The highest BCUT2D eigenvalue weighted by Crippen LogP contribution is 1.99. The van der Waals surface area contributed by atoms with Crippen molar-refractivity contribution in [3.8, 4) is 0 Å². The lowest BCUT2D eigenvalue weighted by Crippen LogP contribution is -2.28. The van der Waals surface area contributed by atoms with E-state index in [0.29, 0.717) is 12.3 Å². The van der Waals surface area contributed by atoms with Crippen LogP contribution in [0, 0.1) is 0 Å². The summed E-state index contributed by atoms with van der Waals surface area (Å²) in [6.07, 6.45) is 2.69. The lowest BCUT2D eigenvalue weighted by Gasteiger charge is -2.19. The summed E-state index contributed by atoms with van der Waals surface area (Å²) in [6.45, 7) is 5.95. The Bertz CT molecular complexity index is 174. The summed E-state index contributed by atoms with van der Waals surface area (Å²) in [4.78, 5) is 2.33. The molecule has 0 saturated heterocycles. The fourth-order valence-electron chi connectivity index (χ4n) is 1.34. The van der Waals surface area contributed by atoms with Crippen molar-refractivity contribution in [2.75, 3.05) is 33.4 Å². The topological polar surface area (TPSA) is 71.1 Å². The van der Waals surface area contributed by atoms with Crippen LogP contribution in [0.2, 0.25) is 0 Å². The minimum Gasteiger partial charge on any atom is -0.409 e. The molecule has 90 valence electrons. The Morgan fingerprint density at radius 3 is 2.67 bits per heavy atom. The third-order valence-corrected chi connectivity index (χ3v) is 2.34. The summed E-state index contributed by atoms with van der Waals surface area (Å²) in [5, 5.41) is 11.3. The van der Waals surface area contributed by atoms with E-state index in [0.717, 1.165) is 39.1 Å². The van der Waals surface area contributed by atoms with E-state index in [1.807, 2.05) is 0 Å². The number of unbranched alkanes of at least 4 members (excludes halogenated alkanes) is 1. The minimum absolute atomic E-state index is 0.315. The van der Waals surface area contributed by atoms with Gasteiger partial charge < -0.3 is 20.6 Å². The summed E-state index contributed by atoms with van der Waals surface area (Å²) in [5.41, 5.74) is 5.37. The maximum atomic E-state index is 8.34. The van der Waals surface area contributed by atoms with Gasteiger partial charge in [0.25, 0.3) is 0 Å². The predicted molar refractivity (Wildman–Crippen MR) is 61.2 cm³/mol. The molecule has 0 bridgehead atoms. The Labute approximate surface area is 91.9 Å². The standard InChI is InChI=1S/C10H23N3O2/c1-3-13(8-9-15-2)7-5-4-6-10(11)12-14/h14H,3-9H2,1-2H3,(H2,11,12). The van der Waals surface area contributed by atoms with Crippen molar-refractivity contribution in [1.29, 1.82) is 0 Å². The third-order valence-electron chi connectivity index (χ3n) is 2.34. The Kier molecular flexibility index (Phi) is 9.21. The molecule has 0 radical (unpaired) electrons. The molecule has 5 heteroatoms. The Morgan fingerprint density at radius 1 is 1.40 bits per heavy atom. The molecule has 0 spiro atoms. The van der Waals surface area contributed by atoms with Gasteiger partial charge in [0.15, 0.2) is 0 Å². The van der Waals surface area contributed by atoms with Crippen LogP contribution >= 0.6 is 0 Å². The molecule has 0 aliphatic rings. The molecule has 0 atom stereocenters. The van der Waals surface area contributed by atoms with Gasteiger partial charge in [-0.25, -0.2) is 0 Å². The van der Waals surface area contributed by atoms with E-state index in [9.17, 15) is 0 Å². The van der Waals surface area contributed by atoms with Crippen LogP contribution in [-0.2, 0) is 4.74 Å². The molecule has 0 amide bonds. The Morgan fingerprint density at radius 2 is 2.13 bits per heavy atom. The first-order valence-electron chi connectivity index (χ1n) is 5.42. The number of rotatable bonds is 9. The van der Waals surface area contributed by atoms with Crippen LogP contribution in [0.1, 0.15) is 26.2 Å². The Hall–Kier alpha value is -0.810. The zero-order valence-corrected chi connectivity index (χ0v) is 9.78. The van der Waals surface area contributed by atoms with E-state index in [-0.39, 0.29) is 0 Å². The van der Waals surface area contributed by atoms with E-state index in [2.05, 4.69) is 17.0 Å². The zero-order valence-electron chi connectivity index (χ0n) is 9.78. The van der Waals surface area contributed by atoms with Gasteiger partial charge in [0.05, 0.1) is 6.61 Å². The summed E-state index contributed by atoms with van der Waals surface area (Å²) in [6, 6.07) is 0. The van der Waals surface area contributed by atoms with Gasteiger partial charge >= 0.3 is 0 Å². The lowest BCUT2D eigenvalue weighted by molar-refractivity contribution is 0.150. The average Bonchev–Trinajstić information content (AvgIpc) is 2.27. The predicted octanol–water partition coefficient (Wildman–Crippen LogP) is 0.871. The number of amidine groups is 1. The van der Waals surface area contributed by atoms with E-state index in [1.54, 1.807) is 7.11 Å². The molecule has 0 aromatic carbocycles. The molecule has 0 rings (SSSR count). The number of oxime groups is 1. The number of hydrogen-bond acceptors (Lipinski definition) is 4. The van der Waals surface area contributed by atoms with Crippen LogP contribution in [0.15, 0.2) is 5.16 Å². The maximum Gasteiger partial charge on any atom is 0.139 e. The third kappa shape index (κ3) is 8.20. The second-order valence-electron chi connectivity index (χ2n) is 3.48. The van der Waals surface area contributed by atoms with Crippen molar-refractivity contribution < 1.29 is 9.94 Å². The SMILES string of the molecule is CCN(CCCCC(N)=NO)CCOC. The van der Waals surface area contributed by atoms with E-state index >= 15 is 0 Å². The largest absolute Gasteiger partial charge is 0.409 e. The molecule has 15 heavy (non-hydrogen) atoms. The van der Waals surface area contributed by atoms with Crippen molar-refractivity contribution >= 4 is 5.84 Å². The van der Waals surface area contributed by atoms with Gasteiger partial charge in [0.1, 0.15) is 5.84 Å². The van der Waals surface area contributed by atoms with Crippen LogP contribution in [0.25, 0.3) is 0 Å². The molecule has 0 fully saturated rings. The van der Waals surface area contributed by atoms with E-state index < -0.39 is 0 Å². The van der Waals surface area contributed by atoms with Gasteiger partial charge in [0.2, 0.25) is 0 Å². The highest BCUT2D eigenvalue weighted by atomic mass is 16.5. The Balaban J connectivity index is 3.45. The molecule has 3 N–H and O–H groups in total. The molecule has 0 heterocycles. The van der Waals surface area contributed by atoms with Crippen molar-refractivity contribution in [1.82, 2.24) is 4.90 Å². The molecule has 0 aliphatic heterocycles. The average molecular weight is 217 g/mol. The zero-order chi connectivity index (χ0) is 11.5. The molecule has 0 aromatic rings. The second kappa shape index (κ2) is 9.73. The molecule has 0 aromatic heterocycles. The summed E-state index contributed by atoms with van der Waals surface area (Å²) < 4.78 is 5.02. The van der Waals surface area contributed by atoms with Gasteiger partial charge in [-0.2, -0.15) is 0 Å². The quantitative estimate of drug-likeness (QED) is 0.198. The van der Waals surface area contributed by atoms with Crippen LogP contribution < -0.4 is 5.73 Å². The van der Waals surface area contributed by atoms with Crippen LogP contribution in [0.4, 0.5) is 0 Å². The van der Waals surface area contributed by atoms with Crippen molar-refractivity contribution in [3.63, 3.8) is 0 Å². The van der Waals surface area contributed by atoms with Crippen molar-refractivity contribution in [3.05, 3.63) is 0 Å². The minimum atomic E-state index is 0.315. The lowest BCUT2D eigenvalue weighted by atomic mass is 10.2. The van der Waals surface area contributed by atoms with Gasteiger partial charge in [-0.15, -0.1) is 0 Å². The molecule has 0 saturated carbocycles. The van der Waals surface area contributed by atoms with E-state index in [1.165, 1.54) is 0 Å². The van der Waals surface area contributed by atoms with Crippen LogP contribution in [-0.4, -0.2) is 49.3 Å². The number of ether oxygens (including phenoxy) is 1. The van der Waals surface area contributed by atoms with Gasteiger partial charge in [-0.05, 0) is 25.9 Å². The summed E-state index contributed by atoms with van der Waals surface area (Å²) in [5.74, 6) is 0.315. The normalized spacial score (nSPS) is 12.3. The summed E-state index contributed by atoms with van der Waals surface area (Å²) in [7, 11) is 1.71. The van der Waals surface area contributed by atoms with Crippen LogP contribution in [0.5, 0.6) is 0 Å². The smallest absolute Gasteiger partial charge is 0.139 e. The van der Waals surface area contributed by atoms with Crippen LogP contribution in [0.3, 0.4) is 0 Å². The number of nitrogens with two attached hydrogens (primary N) is 1. The molecular formula is C10H23N3O2. The molecule has 0 aliphatic carbocycles. The highest BCUT2D eigenvalue weighted by Gasteiger charge is 2.01. The second-order valence-corrected chi connectivity index (χ2v) is 3.48. The van der Waals surface area contributed by atoms with Crippen molar-refractivity contribution in [2.45, 2.75) is 26.2 Å². The fourth-order valence-corrected chi connectivity index (χ4v) is 1.34. The maximum absolute atomic E-state index is 8.34. The van der Waals surface area contributed by atoms with Gasteiger partial charge in [-0.3, -0.25) is 0 Å². The van der Waals surface area contributed by atoms with Crippen molar-refractivity contribution in [2.24, 2.45) is 10.9 Å². The fraction of sp³-hybridized carbons (Fsp3) is 0.900. The monoisotopic (exact) mass is 217 g/mol. The number of likely N-dealkylation sites (N-methyl/N-ethyl adjacent to an activating group) is 1. The number of hydrogen-bond donors (Lipinski definition) is 2. The number of methoxy groups -OCH3 is 1. The van der Waals surface area contributed by atoms with E-state index in [4.69, 9.17) is 15.7 Å². The number of nitrogens with zero attached hydrogens (tertiary/aromatic N) is 2. The first-order chi connectivity index (χ1) is 7.24. The highest BCUT2D eigenvalue weighted by molar-refractivity contribution is 5.79. The summed E-state index contributed by atoms with van der Waals surface area (Å²) >= 11 is 0. The first kappa shape index (κ1) is 14.2. The first-order valence-corrected chi connectivity index (χ1v) is 5.42. The van der Waals surface area contributed by atoms with Gasteiger partial charge in [-0.1, -0.05) is 12.1 Å². The van der Waals surface area contributed by atoms with Gasteiger partial charge in [0, 0.05) is 20.1 Å². The molecule has 0 unspecified atom stereocenters.